The van der Waals surface area contributed by atoms with Gasteiger partial charge < -0.3 is 9.80 Å². The first-order chi connectivity index (χ1) is 9.83. The topological polar surface area (TPSA) is 36.7 Å². The molecule has 1 saturated heterocycles. The highest BCUT2D eigenvalue weighted by Crippen LogP contribution is 2.31. The molecular weight excluding hydrogens is 250 g/mol. The van der Waals surface area contributed by atoms with Gasteiger partial charge in [0.1, 0.15) is 0 Å². The summed E-state index contributed by atoms with van der Waals surface area (Å²) < 4.78 is 1.97. The summed E-state index contributed by atoms with van der Waals surface area (Å²) in [7, 11) is 2.19. The van der Waals surface area contributed by atoms with Gasteiger partial charge in [-0.3, -0.25) is 0 Å². The van der Waals surface area contributed by atoms with Crippen molar-refractivity contribution in [1.82, 2.24) is 19.5 Å². The quantitative estimate of drug-likeness (QED) is 0.785. The molecule has 0 bridgehead atoms. The third-order valence-electron chi connectivity index (χ3n) is 4.63. The van der Waals surface area contributed by atoms with Crippen molar-refractivity contribution < 1.29 is 0 Å². The van der Waals surface area contributed by atoms with Crippen LogP contribution in [0.1, 0.15) is 24.0 Å². The molecule has 1 aliphatic heterocycles. The Kier molecular flexibility index (Phi) is 2.88. The molecule has 106 valence electrons. The van der Waals surface area contributed by atoms with Crippen molar-refractivity contribution in [3.8, 4) is 0 Å². The highest BCUT2D eigenvalue weighted by atomic mass is 15.4. The SMILES string of the molecule is CN1CCN(c2nn3ccnc3c3c2CCCC3)CC1. The van der Waals surface area contributed by atoms with Crippen LogP contribution < -0.4 is 4.90 Å². The lowest BCUT2D eigenvalue weighted by atomic mass is 9.92. The summed E-state index contributed by atoms with van der Waals surface area (Å²) >= 11 is 0. The standard InChI is InChI=1S/C15H21N5/c1-18-8-10-19(11-9-18)15-13-5-3-2-4-12(13)14-16-6-7-20(14)17-15/h6-7H,2-5,8-11H2,1H3. The van der Waals surface area contributed by atoms with Gasteiger partial charge in [0.05, 0.1) is 0 Å². The van der Waals surface area contributed by atoms with Crippen LogP contribution in [-0.2, 0) is 12.8 Å². The first-order valence-electron chi connectivity index (χ1n) is 7.61. The van der Waals surface area contributed by atoms with Crippen LogP contribution >= 0.6 is 0 Å². The van der Waals surface area contributed by atoms with E-state index in [9.17, 15) is 0 Å². The average Bonchev–Trinajstić information content (AvgIpc) is 2.96. The third-order valence-corrected chi connectivity index (χ3v) is 4.63. The van der Waals surface area contributed by atoms with Crippen LogP contribution in [0.2, 0.25) is 0 Å². The highest BCUT2D eigenvalue weighted by Gasteiger charge is 2.24. The van der Waals surface area contributed by atoms with Crippen molar-refractivity contribution in [2.45, 2.75) is 25.7 Å². The number of aryl methyl sites for hydroxylation is 1. The molecule has 4 rings (SSSR count). The molecule has 0 atom stereocenters. The molecule has 2 aromatic heterocycles. The van der Waals surface area contributed by atoms with Crippen LogP contribution in [0.4, 0.5) is 5.82 Å². The zero-order chi connectivity index (χ0) is 13.5. The summed E-state index contributed by atoms with van der Waals surface area (Å²) in [6.45, 7) is 4.41. The zero-order valence-electron chi connectivity index (χ0n) is 12.0. The molecule has 0 radical (unpaired) electrons. The van der Waals surface area contributed by atoms with Gasteiger partial charge in [-0.05, 0) is 32.7 Å². The fourth-order valence-electron chi connectivity index (χ4n) is 3.43. The summed E-state index contributed by atoms with van der Waals surface area (Å²) in [5.41, 5.74) is 3.96. The van der Waals surface area contributed by atoms with Crippen molar-refractivity contribution in [2.24, 2.45) is 0 Å². The Balaban J connectivity index is 1.82. The lowest BCUT2D eigenvalue weighted by molar-refractivity contribution is 0.311. The Bertz CT molecular complexity index is 624. The van der Waals surface area contributed by atoms with E-state index < -0.39 is 0 Å². The highest BCUT2D eigenvalue weighted by molar-refractivity contribution is 5.61. The number of hydrogen-bond acceptors (Lipinski definition) is 4. The zero-order valence-corrected chi connectivity index (χ0v) is 12.0. The minimum atomic E-state index is 1.07. The van der Waals surface area contributed by atoms with E-state index in [1.165, 1.54) is 29.8 Å². The summed E-state index contributed by atoms with van der Waals surface area (Å²) in [6.07, 6.45) is 8.72. The molecule has 0 unspecified atom stereocenters. The van der Waals surface area contributed by atoms with E-state index in [1.54, 1.807) is 0 Å². The molecule has 0 N–H and O–H groups in total. The number of imidazole rings is 1. The van der Waals surface area contributed by atoms with Gasteiger partial charge in [0.15, 0.2) is 11.5 Å². The van der Waals surface area contributed by atoms with E-state index in [1.807, 2.05) is 16.9 Å². The Morgan fingerprint density at radius 3 is 2.55 bits per heavy atom. The van der Waals surface area contributed by atoms with Crippen LogP contribution in [0, 0.1) is 0 Å². The summed E-state index contributed by atoms with van der Waals surface area (Å²) in [4.78, 5) is 9.35. The van der Waals surface area contributed by atoms with Crippen molar-refractivity contribution in [3.05, 3.63) is 23.5 Å². The maximum atomic E-state index is 4.86. The number of rotatable bonds is 1. The molecule has 0 amide bonds. The molecule has 0 spiro atoms. The average molecular weight is 271 g/mol. The van der Waals surface area contributed by atoms with Crippen LogP contribution in [0.25, 0.3) is 5.65 Å². The first-order valence-corrected chi connectivity index (χ1v) is 7.61. The van der Waals surface area contributed by atoms with Crippen LogP contribution in [0.3, 0.4) is 0 Å². The van der Waals surface area contributed by atoms with Crippen molar-refractivity contribution in [1.29, 1.82) is 0 Å². The maximum absolute atomic E-state index is 4.86. The minimum Gasteiger partial charge on any atom is -0.352 e. The second kappa shape index (κ2) is 4.74. The van der Waals surface area contributed by atoms with Crippen molar-refractivity contribution in [2.75, 3.05) is 38.1 Å². The van der Waals surface area contributed by atoms with Crippen LogP contribution in [0.15, 0.2) is 12.4 Å². The number of piperazine rings is 1. The van der Waals surface area contributed by atoms with Crippen molar-refractivity contribution in [3.63, 3.8) is 0 Å². The summed E-state index contributed by atoms with van der Waals surface area (Å²) in [5.74, 6) is 1.21. The molecule has 5 nitrogen and oxygen atoms in total. The van der Waals surface area contributed by atoms with E-state index in [2.05, 4.69) is 21.8 Å². The van der Waals surface area contributed by atoms with E-state index >= 15 is 0 Å². The fourth-order valence-corrected chi connectivity index (χ4v) is 3.43. The van der Waals surface area contributed by atoms with Gasteiger partial charge in [-0.15, -0.1) is 5.10 Å². The van der Waals surface area contributed by atoms with E-state index in [0.29, 0.717) is 0 Å². The smallest absolute Gasteiger partial charge is 0.157 e. The molecular formula is C15H21N5. The number of anilines is 1. The minimum absolute atomic E-state index is 1.07. The van der Waals surface area contributed by atoms with Crippen molar-refractivity contribution >= 4 is 11.5 Å². The second-order valence-corrected chi connectivity index (χ2v) is 5.97. The Morgan fingerprint density at radius 1 is 1.00 bits per heavy atom. The Hall–Kier alpha value is -1.62. The molecule has 3 heterocycles. The number of fused-ring (bicyclic) bond motifs is 3. The van der Waals surface area contributed by atoms with Gasteiger partial charge in [-0.1, -0.05) is 0 Å². The Labute approximate surface area is 119 Å². The Morgan fingerprint density at radius 2 is 1.75 bits per heavy atom. The predicted molar refractivity (Wildman–Crippen MR) is 79.3 cm³/mol. The molecule has 2 aliphatic rings. The molecule has 0 aromatic carbocycles. The van der Waals surface area contributed by atoms with Crippen LogP contribution in [-0.4, -0.2) is 52.7 Å². The van der Waals surface area contributed by atoms with Gasteiger partial charge in [0.25, 0.3) is 0 Å². The first kappa shape index (κ1) is 12.1. The molecule has 1 fully saturated rings. The maximum Gasteiger partial charge on any atom is 0.157 e. The molecule has 20 heavy (non-hydrogen) atoms. The van der Waals surface area contributed by atoms with Gasteiger partial charge in [-0.2, -0.15) is 0 Å². The van der Waals surface area contributed by atoms with Gasteiger partial charge in [0, 0.05) is 49.7 Å². The molecule has 5 heteroatoms. The van der Waals surface area contributed by atoms with E-state index in [0.717, 1.165) is 44.7 Å². The molecule has 1 aliphatic carbocycles. The van der Waals surface area contributed by atoms with E-state index in [-0.39, 0.29) is 0 Å². The largest absolute Gasteiger partial charge is 0.352 e. The predicted octanol–water partition coefficient (Wildman–Crippen LogP) is 1.36. The van der Waals surface area contributed by atoms with Crippen LogP contribution in [0.5, 0.6) is 0 Å². The van der Waals surface area contributed by atoms with Gasteiger partial charge >= 0.3 is 0 Å². The number of hydrogen-bond donors (Lipinski definition) is 0. The fraction of sp³-hybridized carbons (Fsp3) is 0.600. The second-order valence-electron chi connectivity index (χ2n) is 5.97. The lowest BCUT2D eigenvalue weighted by Gasteiger charge is -2.35. The molecule has 0 saturated carbocycles. The lowest BCUT2D eigenvalue weighted by Crippen LogP contribution is -2.45. The van der Waals surface area contributed by atoms with Gasteiger partial charge in [0.2, 0.25) is 0 Å². The normalized spacial score (nSPS) is 20.4. The monoisotopic (exact) mass is 271 g/mol. The third kappa shape index (κ3) is 1.88. The van der Waals surface area contributed by atoms with Gasteiger partial charge in [-0.25, -0.2) is 9.50 Å². The number of likely N-dealkylation sites (N-methyl/N-ethyl adjacent to an activating group) is 1. The summed E-state index contributed by atoms with van der Waals surface area (Å²) in [6, 6.07) is 0. The number of aromatic nitrogens is 3. The summed E-state index contributed by atoms with van der Waals surface area (Å²) in [5, 5.41) is 4.86. The van der Waals surface area contributed by atoms with E-state index in [4.69, 9.17) is 5.10 Å². The molecule has 2 aromatic rings. The number of nitrogens with zero attached hydrogens (tertiary/aromatic N) is 5.